The lowest BCUT2D eigenvalue weighted by Crippen LogP contribution is -2.46. The van der Waals surface area contributed by atoms with E-state index in [1.165, 1.54) is 29.5 Å². The molecule has 1 aromatic heterocycles. The van der Waals surface area contributed by atoms with Gasteiger partial charge in [-0.05, 0) is 47.7 Å². The number of amides is 2. The highest BCUT2D eigenvalue weighted by atomic mass is 35.5. The van der Waals surface area contributed by atoms with Crippen LogP contribution in [0, 0.1) is 5.92 Å². The summed E-state index contributed by atoms with van der Waals surface area (Å²) in [5.41, 5.74) is 0.535. The Hall–Kier alpha value is -2.88. The zero-order chi connectivity index (χ0) is 23.3. The number of sulfonamides is 1. The van der Waals surface area contributed by atoms with Crippen LogP contribution < -0.4 is 15.4 Å². The summed E-state index contributed by atoms with van der Waals surface area (Å²) in [7, 11) is -3.93. The van der Waals surface area contributed by atoms with Crippen LogP contribution in [0.5, 0.6) is 0 Å². The van der Waals surface area contributed by atoms with Gasteiger partial charge in [-0.3, -0.25) is 14.3 Å². The van der Waals surface area contributed by atoms with E-state index < -0.39 is 22.0 Å². The van der Waals surface area contributed by atoms with E-state index in [-0.39, 0.29) is 33.1 Å². The molecule has 2 amide bonds. The maximum absolute atomic E-state index is 12.9. The summed E-state index contributed by atoms with van der Waals surface area (Å²) >= 11 is 7.32. The molecule has 1 unspecified atom stereocenters. The molecule has 3 N–H and O–H groups in total. The number of carbonyl (C=O) groups excluding carboxylic acids is 2. The van der Waals surface area contributed by atoms with E-state index in [2.05, 4.69) is 15.4 Å². The molecule has 0 aliphatic heterocycles. The maximum atomic E-state index is 12.9. The topological polar surface area (TPSA) is 104 Å². The van der Waals surface area contributed by atoms with Crippen molar-refractivity contribution < 1.29 is 18.0 Å². The fourth-order valence-electron chi connectivity index (χ4n) is 2.86. The number of halogens is 1. The third-order valence-electron chi connectivity index (χ3n) is 4.51. The van der Waals surface area contributed by atoms with Crippen LogP contribution in [0.15, 0.2) is 70.9 Å². The zero-order valence-corrected chi connectivity index (χ0v) is 19.7. The predicted molar refractivity (Wildman–Crippen MR) is 128 cm³/mol. The Morgan fingerprint density at radius 1 is 1.00 bits per heavy atom. The standard InChI is InChI=1S/C22H22ClN3O4S2/c1-14(2)20(25-21(27)19-11-6-12-31-19)22(28)24-15-7-5-8-16(13-15)32(29,30)26-18-10-4-3-9-17(18)23/h3-14,20,26H,1-2H3,(H,24,28)(H,25,27). The number of para-hydroxylation sites is 1. The molecule has 1 heterocycles. The molecule has 1 atom stereocenters. The largest absolute Gasteiger partial charge is 0.339 e. The Balaban J connectivity index is 1.75. The second-order valence-electron chi connectivity index (χ2n) is 7.27. The summed E-state index contributed by atoms with van der Waals surface area (Å²) < 4.78 is 28.0. The van der Waals surface area contributed by atoms with Crippen LogP contribution in [0.2, 0.25) is 5.02 Å². The van der Waals surface area contributed by atoms with E-state index in [0.717, 1.165) is 0 Å². The monoisotopic (exact) mass is 491 g/mol. The Kier molecular flexibility index (Phi) is 7.55. The summed E-state index contributed by atoms with van der Waals surface area (Å²) in [6.07, 6.45) is 0. The van der Waals surface area contributed by atoms with Crippen molar-refractivity contribution in [3.05, 3.63) is 75.9 Å². The van der Waals surface area contributed by atoms with E-state index in [1.807, 2.05) is 13.8 Å². The maximum Gasteiger partial charge on any atom is 0.262 e. The molecule has 0 radical (unpaired) electrons. The fourth-order valence-corrected chi connectivity index (χ4v) is 4.85. The van der Waals surface area contributed by atoms with Crippen LogP contribution in [0.1, 0.15) is 23.5 Å². The predicted octanol–water partition coefficient (Wildman–Crippen LogP) is 4.60. The van der Waals surface area contributed by atoms with E-state index >= 15 is 0 Å². The number of benzene rings is 2. The van der Waals surface area contributed by atoms with Crippen molar-refractivity contribution in [3.63, 3.8) is 0 Å². The number of carbonyl (C=O) groups is 2. The van der Waals surface area contributed by atoms with Crippen molar-refractivity contribution in [1.29, 1.82) is 0 Å². The third kappa shape index (κ3) is 5.87. The third-order valence-corrected chi connectivity index (χ3v) is 7.07. The lowest BCUT2D eigenvalue weighted by Gasteiger charge is -2.21. The van der Waals surface area contributed by atoms with Gasteiger partial charge in [-0.15, -0.1) is 11.3 Å². The van der Waals surface area contributed by atoms with Gasteiger partial charge in [0.1, 0.15) is 6.04 Å². The minimum absolute atomic E-state index is 0.0427. The Morgan fingerprint density at radius 2 is 1.75 bits per heavy atom. The Bertz CT molecular complexity index is 1210. The summed E-state index contributed by atoms with van der Waals surface area (Å²) in [6.45, 7) is 3.63. The van der Waals surface area contributed by atoms with Crippen molar-refractivity contribution in [2.45, 2.75) is 24.8 Å². The first-order valence-corrected chi connectivity index (χ1v) is 12.4. The molecule has 7 nitrogen and oxygen atoms in total. The van der Waals surface area contributed by atoms with Gasteiger partial charge < -0.3 is 10.6 Å². The minimum atomic E-state index is -3.93. The van der Waals surface area contributed by atoms with E-state index in [9.17, 15) is 18.0 Å². The van der Waals surface area contributed by atoms with Gasteiger partial charge >= 0.3 is 0 Å². The molecule has 0 fully saturated rings. The van der Waals surface area contributed by atoms with Crippen LogP contribution in [0.3, 0.4) is 0 Å². The van der Waals surface area contributed by atoms with Gasteiger partial charge in [0, 0.05) is 5.69 Å². The smallest absolute Gasteiger partial charge is 0.262 e. The molecule has 0 saturated carbocycles. The average Bonchev–Trinajstić information content (AvgIpc) is 3.28. The van der Waals surface area contributed by atoms with Crippen molar-refractivity contribution in [2.75, 3.05) is 10.0 Å². The highest BCUT2D eigenvalue weighted by Crippen LogP contribution is 2.25. The van der Waals surface area contributed by atoms with Crippen molar-refractivity contribution >= 4 is 56.2 Å². The number of rotatable bonds is 8. The molecule has 3 rings (SSSR count). The van der Waals surface area contributed by atoms with Gasteiger partial charge in [-0.2, -0.15) is 0 Å². The van der Waals surface area contributed by atoms with Gasteiger partial charge in [0.15, 0.2) is 0 Å². The van der Waals surface area contributed by atoms with E-state index in [1.54, 1.807) is 47.8 Å². The quantitative estimate of drug-likeness (QED) is 0.428. The van der Waals surface area contributed by atoms with Gasteiger partial charge in [-0.1, -0.05) is 49.7 Å². The summed E-state index contributed by atoms with van der Waals surface area (Å²) in [4.78, 5) is 25.7. The number of anilines is 2. The van der Waals surface area contributed by atoms with Crippen molar-refractivity contribution in [1.82, 2.24) is 5.32 Å². The molecule has 2 aromatic carbocycles. The van der Waals surface area contributed by atoms with Gasteiger partial charge in [0.05, 0.1) is 20.5 Å². The summed E-state index contributed by atoms with van der Waals surface area (Å²) in [5.74, 6) is -0.972. The molecule has 0 bridgehead atoms. The number of hydrogen-bond acceptors (Lipinski definition) is 5. The number of hydrogen-bond donors (Lipinski definition) is 3. The van der Waals surface area contributed by atoms with Crippen LogP contribution in [0.25, 0.3) is 0 Å². The van der Waals surface area contributed by atoms with Crippen LogP contribution in [0.4, 0.5) is 11.4 Å². The normalized spacial score (nSPS) is 12.2. The second kappa shape index (κ2) is 10.2. The van der Waals surface area contributed by atoms with E-state index in [4.69, 9.17) is 11.6 Å². The van der Waals surface area contributed by atoms with E-state index in [0.29, 0.717) is 4.88 Å². The first kappa shape index (κ1) is 23.8. The molecule has 0 saturated heterocycles. The summed E-state index contributed by atoms with van der Waals surface area (Å²) in [5, 5.41) is 7.48. The second-order valence-corrected chi connectivity index (χ2v) is 10.3. The van der Waals surface area contributed by atoms with Crippen LogP contribution in [-0.4, -0.2) is 26.3 Å². The molecular weight excluding hydrogens is 470 g/mol. The molecule has 0 spiro atoms. The molecule has 32 heavy (non-hydrogen) atoms. The lowest BCUT2D eigenvalue weighted by molar-refractivity contribution is -0.118. The Morgan fingerprint density at radius 3 is 2.41 bits per heavy atom. The first-order valence-electron chi connectivity index (χ1n) is 9.70. The fraction of sp³-hybridized carbons (Fsp3) is 0.182. The van der Waals surface area contributed by atoms with Crippen LogP contribution in [-0.2, 0) is 14.8 Å². The SMILES string of the molecule is CC(C)C(NC(=O)c1cccs1)C(=O)Nc1cccc(S(=O)(=O)Nc2ccccc2Cl)c1. The number of thiophene rings is 1. The highest BCUT2D eigenvalue weighted by Gasteiger charge is 2.25. The van der Waals surface area contributed by atoms with Crippen molar-refractivity contribution in [2.24, 2.45) is 5.92 Å². The molecular formula is C22H22ClN3O4S2. The molecule has 0 aliphatic carbocycles. The minimum Gasteiger partial charge on any atom is -0.339 e. The van der Waals surface area contributed by atoms with Crippen LogP contribution >= 0.6 is 22.9 Å². The average molecular weight is 492 g/mol. The first-order chi connectivity index (χ1) is 15.2. The number of nitrogens with one attached hydrogen (secondary N) is 3. The van der Waals surface area contributed by atoms with Gasteiger partial charge in [-0.25, -0.2) is 8.42 Å². The Labute approximate surface area is 195 Å². The van der Waals surface area contributed by atoms with Crippen molar-refractivity contribution in [3.8, 4) is 0 Å². The molecule has 0 aliphatic rings. The van der Waals surface area contributed by atoms with Gasteiger partial charge in [0.25, 0.3) is 15.9 Å². The summed E-state index contributed by atoms with van der Waals surface area (Å²) in [6, 6.07) is 15.0. The molecule has 3 aromatic rings. The molecule has 168 valence electrons. The van der Waals surface area contributed by atoms with Gasteiger partial charge in [0.2, 0.25) is 5.91 Å². The molecule has 10 heteroatoms. The highest BCUT2D eigenvalue weighted by molar-refractivity contribution is 7.92. The lowest BCUT2D eigenvalue weighted by atomic mass is 10.0. The zero-order valence-electron chi connectivity index (χ0n) is 17.3.